The molecule has 7 nitrogen and oxygen atoms in total. The molecule has 2 fully saturated rings. The fraction of sp³-hybridized carbons (Fsp3) is 0.667. The maximum absolute atomic E-state index is 12.1. The Balaban J connectivity index is 1.52. The molecule has 162 valence electrons. The lowest BCUT2D eigenvalue weighted by Crippen LogP contribution is -2.46. The van der Waals surface area contributed by atoms with Gasteiger partial charge in [-0.2, -0.15) is 0 Å². The first-order valence-electron chi connectivity index (χ1n) is 10.7. The van der Waals surface area contributed by atoms with Gasteiger partial charge in [0.05, 0.1) is 4.90 Å². The van der Waals surface area contributed by atoms with Crippen LogP contribution >= 0.6 is 0 Å². The molecule has 0 atom stereocenters. The van der Waals surface area contributed by atoms with E-state index in [1.54, 1.807) is 12.1 Å². The van der Waals surface area contributed by atoms with Crippen LogP contribution < -0.4 is 5.32 Å². The predicted octanol–water partition coefficient (Wildman–Crippen LogP) is 1.79. The number of likely N-dealkylation sites (tertiary alicyclic amines) is 1. The lowest BCUT2D eigenvalue weighted by atomic mass is 10.0. The van der Waals surface area contributed by atoms with Crippen LogP contribution in [0.1, 0.15) is 31.7 Å². The Hall–Kier alpha value is -1.64. The van der Waals surface area contributed by atoms with Crippen molar-refractivity contribution in [1.29, 1.82) is 0 Å². The van der Waals surface area contributed by atoms with E-state index in [0.717, 1.165) is 64.1 Å². The van der Waals surface area contributed by atoms with Crippen molar-refractivity contribution in [3.8, 4) is 0 Å². The van der Waals surface area contributed by atoms with Crippen LogP contribution in [0.3, 0.4) is 0 Å². The van der Waals surface area contributed by atoms with Crippen molar-refractivity contribution in [2.24, 2.45) is 0 Å². The van der Waals surface area contributed by atoms with Gasteiger partial charge in [-0.1, -0.05) is 18.2 Å². The lowest BCUT2D eigenvalue weighted by Gasteiger charge is -2.38. The highest BCUT2D eigenvalue weighted by molar-refractivity contribution is 7.90. The number of rotatable bonds is 5. The standard InChI is InChI=1S/C21H34N4O3S/c1-3-22-21(26)25-12-6-11-24(15-16-25)19-9-13-23(14-10-19)17-18-7-4-5-8-20(18)29(2,27)28/h4-5,7-8,19H,3,6,9-17H2,1-2H3,(H,22,26). The van der Waals surface area contributed by atoms with Crippen LogP contribution in [0.2, 0.25) is 0 Å². The van der Waals surface area contributed by atoms with E-state index in [2.05, 4.69) is 15.1 Å². The maximum Gasteiger partial charge on any atom is 0.317 e. The fourth-order valence-corrected chi connectivity index (χ4v) is 5.38. The van der Waals surface area contributed by atoms with E-state index in [9.17, 15) is 13.2 Å². The van der Waals surface area contributed by atoms with Crippen molar-refractivity contribution >= 4 is 15.9 Å². The summed E-state index contributed by atoms with van der Waals surface area (Å²) in [5.74, 6) is 0. The van der Waals surface area contributed by atoms with Crippen molar-refractivity contribution in [3.63, 3.8) is 0 Å². The van der Waals surface area contributed by atoms with Gasteiger partial charge in [0.2, 0.25) is 0 Å². The normalized spacial score (nSPS) is 20.4. The van der Waals surface area contributed by atoms with E-state index in [0.29, 0.717) is 24.0 Å². The summed E-state index contributed by atoms with van der Waals surface area (Å²) in [6, 6.07) is 7.92. The summed E-state index contributed by atoms with van der Waals surface area (Å²) in [4.78, 5) is 19.4. The van der Waals surface area contributed by atoms with Gasteiger partial charge in [-0.15, -0.1) is 0 Å². The Bertz CT molecular complexity index is 791. The molecular weight excluding hydrogens is 388 g/mol. The molecule has 0 saturated carbocycles. The van der Waals surface area contributed by atoms with Gasteiger partial charge in [0.25, 0.3) is 0 Å². The van der Waals surface area contributed by atoms with E-state index in [-0.39, 0.29) is 6.03 Å². The minimum Gasteiger partial charge on any atom is -0.338 e. The molecule has 8 heteroatoms. The number of hydrogen-bond acceptors (Lipinski definition) is 5. The summed E-state index contributed by atoms with van der Waals surface area (Å²) in [6.45, 7) is 8.82. The summed E-state index contributed by atoms with van der Waals surface area (Å²) < 4.78 is 24.1. The molecule has 1 aromatic rings. The zero-order valence-electron chi connectivity index (χ0n) is 17.6. The van der Waals surface area contributed by atoms with Crippen LogP contribution in [-0.4, -0.2) is 87.3 Å². The number of benzene rings is 1. The quantitative estimate of drug-likeness (QED) is 0.783. The maximum atomic E-state index is 12.1. The van der Waals surface area contributed by atoms with Crippen LogP contribution in [0.5, 0.6) is 0 Å². The molecule has 2 saturated heterocycles. The number of nitrogens with one attached hydrogen (secondary N) is 1. The Labute approximate surface area is 175 Å². The number of nitrogens with zero attached hydrogens (tertiary/aromatic N) is 3. The lowest BCUT2D eigenvalue weighted by molar-refractivity contribution is 0.107. The highest BCUT2D eigenvalue weighted by atomic mass is 32.2. The van der Waals surface area contributed by atoms with E-state index in [4.69, 9.17) is 0 Å². The van der Waals surface area contributed by atoms with Crippen LogP contribution in [0.25, 0.3) is 0 Å². The molecule has 2 aliphatic heterocycles. The third kappa shape index (κ3) is 5.93. The highest BCUT2D eigenvalue weighted by Gasteiger charge is 2.28. The molecule has 29 heavy (non-hydrogen) atoms. The first-order valence-corrected chi connectivity index (χ1v) is 12.5. The van der Waals surface area contributed by atoms with Crippen LogP contribution in [-0.2, 0) is 16.4 Å². The van der Waals surface area contributed by atoms with E-state index in [1.807, 2.05) is 24.0 Å². The number of sulfone groups is 1. The molecule has 2 amide bonds. The number of amides is 2. The van der Waals surface area contributed by atoms with Crippen LogP contribution in [0, 0.1) is 0 Å². The largest absolute Gasteiger partial charge is 0.338 e. The monoisotopic (exact) mass is 422 g/mol. The van der Waals surface area contributed by atoms with Gasteiger partial charge in [0.1, 0.15) is 0 Å². The summed E-state index contributed by atoms with van der Waals surface area (Å²) in [5.41, 5.74) is 0.890. The topological polar surface area (TPSA) is 73.0 Å². The van der Waals surface area contributed by atoms with Gasteiger partial charge >= 0.3 is 6.03 Å². The van der Waals surface area contributed by atoms with Crippen LogP contribution in [0.15, 0.2) is 29.2 Å². The average molecular weight is 423 g/mol. The molecule has 0 radical (unpaired) electrons. The van der Waals surface area contributed by atoms with Crippen molar-refractivity contribution in [1.82, 2.24) is 20.0 Å². The second-order valence-electron chi connectivity index (χ2n) is 8.10. The van der Waals surface area contributed by atoms with Crippen LogP contribution in [0.4, 0.5) is 4.79 Å². The molecule has 3 rings (SSSR count). The number of hydrogen-bond donors (Lipinski definition) is 1. The molecule has 0 spiro atoms. The molecule has 0 aromatic heterocycles. The smallest absolute Gasteiger partial charge is 0.317 e. The minimum absolute atomic E-state index is 0.0497. The molecule has 2 heterocycles. The Morgan fingerprint density at radius 1 is 1.07 bits per heavy atom. The number of carbonyl (C=O) groups excluding carboxylic acids is 1. The van der Waals surface area contributed by atoms with Gasteiger partial charge < -0.3 is 10.2 Å². The van der Waals surface area contributed by atoms with Crippen molar-refractivity contribution in [2.45, 2.75) is 43.7 Å². The van der Waals surface area contributed by atoms with Gasteiger partial charge in [-0.25, -0.2) is 13.2 Å². The number of carbonyl (C=O) groups is 1. The molecule has 0 aliphatic carbocycles. The molecule has 0 bridgehead atoms. The third-order valence-electron chi connectivity index (χ3n) is 5.99. The van der Waals surface area contributed by atoms with Crippen molar-refractivity contribution in [3.05, 3.63) is 29.8 Å². The summed E-state index contributed by atoms with van der Waals surface area (Å²) in [5, 5.41) is 2.90. The summed E-state index contributed by atoms with van der Waals surface area (Å²) >= 11 is 0. The predicted molar refractivity (Wildman–Crippen MR) is 115 cm³/mol. The van der Waals surface area contributed by atoms with E-state index in [1.165, 1.54) is 6.26 Å². The highest BCUT2D eigenvalue weighted by Crippen LogP contribution is 2.22. The third-order valence-corrected chi connectivity index (χ3v) is 7.18. The average Bonchev–Trinajstić information content (AvgIpc) is 2.95. The van der Waals surface area contributed by atoms with Gasteiger partial charge in [0, 0.05) is 51.6 Å². The number of urea groups is 1. The molecule has 1 aromatic carbocycles. The van der Waals surface area contributed by atoms with E-state index < -0.39 is 9.84 Å². The van der Waals surface area contributed by atoms with Crippen molar-refractivity contribution in [2.75, 3.05) is 52.1 Å². The van der Waals surface area contributed by atoms with Gasteiger partial charge in [-0.3, -0.25) is 9.80 Å². The molecule has 1 N–H and O–H groups in total. The molecule has 0 unspecified atom stereocenters. The Morgan fingerprint density at radius 3 is 2.48 bits per heavy atom. The Kier molecular flexibility index (Phi) is 7.54. The first-order chi connectivity index (χ1) is 13.9. The van der Waals surface area contributed by atoms with Crippen molar-refractivity contribution < 1.29 is 13.2 Å². The molecular formula is C21H34N4O3S. The Morgan fingerprint density at radius 2 is 1.79 bits per heavy atom. The summed E-state index contributed by atoms with van der Waals surface area (Å²) in [7, 11) is -3.20. The molecule has 2 aliphatic rings. The van der Waals surface area contributed by atoms with Gasteiger partial charge in [0.15, 0.2) is 9.84 Å². The zero-order chi connectivity index (χ0) is 20.9. The zero-order valence-corrected chi connectivity index (χ0v) is 18.5. The first kappa shape index (κ1) is 22.1. The minimum atomic E-state index is -3.20. The van der Waals surface area contributed by atoms with Gasteiger partial charge in [-0.05, 0) is 50.9 Å². The summed E-state index contributed by atoms with van der Waals surface area (Å²) in [6.07, 6.45) is 4.46. The fourth-order valence-electron chi connectivity index (χ4n) is 4.45. The second-order valence-corrected chi connectivity index (χ2v) is 10.1. The second kappa shape index (κ2) is 9.91. The SMILES string of the molecule is CCNC(=O)N1CCCN(C2CCN(Cc3ccccc3S(C)(=O)=O)CC2)CC1. The number of piperidine rings is 1. The van der Waals surface area contributed by atoms with E-state index >= 15 is 0 Å².